The van der Waals surface area contributed by atoms with E-state index in [0.717, 1.165) is 10.9 Å². The Labute approximate surface area is 157 Å². The van der Waals surface area contributed by atoms with Crippen LogP contribution < -0.4 is 11.0 Å². The second-order valence-corrected chi connectivity index (χ2v) is 6.27. The van der Waals surface area contributed by atoms with Crippen molar-refractivity contribution in [3.63, 3.8) is 0 Å². The van der Waals surface area contributed by atoms with Crippen molar-refractivity contribution in [1.29, 1.82) is 0 Å². The Morgan fingerprint density at radius 1 is 1.21 bits per heavy atom. The van der Waals surface area contributed by atoms with Crippen molar-refractivity contribution < 1.29 is 24.9 Å². The number of hydrogen-bond donors (Lipinski definition) is 5. The summed E-state index contributed by atoms with van der Waals surface area (Å²) in [5.74, 6) is -0.358. The number of carbonyl (C=O) groups is 1. The van der Waals surface area contributed by atoms with Crippen LogP contribution in [-0.4, -0.2) is 65.7 Å². The van der Waals surface area contributed by atoms with Crippen molar-refractivity contribution in [2.24, 2.45) is 0 Å². The summed E-state index contributed by atoms with van der Waals surface area (Å²) in [6, 6.07) is 8.45. The summed E-state index contributed by atoms with van der Waals surface area (Å²) in [7, 11) is 0. The van der Waals surface area contributed by atoms with E-state index in [9.17, 15) is 24.9 Å². The molecule has 0 saturated carbocycles. The van der Waals surface area contributed by atoms with E-state index in [2.05, 4.69) is 20.3 Å². The molecule has 1 aliphatic rings. The summed E-state index contributed by atoms with van der Waals surface area (Å²) >= 11 is 0. The van der Waals surface area contributed by atoms with Gasteiger partial charge in [-0.1, -0.05) is 18.2 Å². The lowest BCUT2D eigenvalue weighted by Crippen LogP contribution is -2.34. The number of fused-ring (bicyclic) bond motifs is 1. The summed E-state index contributed by atoms with van der Waals surface area (Å²) in [4.78, 5) is 35.4. The van der Waals surface area contributed by atoms with E-state index in [0.29, 0.717) is 5.56 Å². The molecule has 2 aromatic heterocycles. The van der Waals surface area contributed by atoms with Crippen LogP contribution in [0.25, 0.3) is 11.2 Å². The molecular weight excluding hydrogens is 370 g/mol. The molecule has 3 aromatic rings. The van der Waals surface area contributed by atoms with Gasteiger partial charge in [0.25, 0.3) is 5.91 Å². The Balaban J connectivity index is 1.72. The molecule has 0 unspecified atom stereocenters. The van der Waals surface area contributed by atoms with Gasteiger partial charge in [0.05, 0.1) is 6.61 Å². The number of aromatic amines is 1. The van der Waals surface area contributed by atoms with Gasteiger partial charge in [-0.05, 0) is 12.1 Å². The molecule has 11 nitrogen and oxygen atoms in total. The minimum Gasteiger partial charge on any atom is -0.394 e. The van der Waals surface area contributed by atoms with Crippen molar-refractivity contribution in [2.75, 3.05) is 11.9 Å². The van der Waals surface area contributed by atoms with Crippen molar-refractivity contribution in [3.8, 4) is 0 Å². The summed E-state index contributed by atoms with van der Waals surface area (Å²) < 4.78 is 6.42. The van der Waals surface area contributed by atoms with Crippen molar-refractivity contribution in [2.45, 2.75) is 24.5 Å². The number of H-pyrrole nitrogens is 1. The SMILES string of the molecule is O=C(Nc1ncnc2c1[nH]c(=O)n2[C@@H]1O[C@H](CO)[C@@H](O)[C@H]1O)c1ccccc1. The second-order valence-electron chi connectivity index (χ2n) is 6.27. The molecule has 11 heteroatoms. The molecule has 0 aliphatic carbocycles. The predicted molar refractivity (Wildman–Crippen MR) is 95.6 cm³/mol. The van der Waals surface area contributed by atoms with Crippen LogP contribution in [0.15, 0.2) is 41.5 Å². The Morgan fingerprint density at radius 3 is 2.64 bits per heavy atom. The van der Waals surface area contributed by atoms with E-state index in [1.54, 1.807) is 30.3 Å². The first kappa shape index (κ1) is 18.3. The highest BCUT2D eigenvalue weighted by molar-refractivity contribution is 6.06. The van der Waals surface area contributed by atoms with E-state index >= 15 is 0 Å². The highest BCUT2D eigenvalue weighted by Crippen LogP contribution is 2.30. The molecule has 1 aromatic carbocycles. The maximum Gasteiger partial charge on any atom is 0.330 e. The van der Waals surface area contributed by atoms with E-state index in [-0.39, 0.29) is 17.0 Å². The molecule has 4 rings (SSSR count). The van der Waals surface area contributed by atoms with Gasteiger partial charge in [-0.3, -0.25) is 4.79 Å². The number of ether oxygens (including phenoxy) is 1. The minimum atomic E-state index is -1.45. The molecule has 1 amide bonds. The first-order valence-corrected chi connectivity index (χ1v) is 8.45. The van der Waals surface area contributed by atoms with Gasteiger partial charge in [0.15, 0.2) is 17.7 Å². The highest BCUT2D eigenvalue weighted by Gasteiger charge is 2.44. The lowest BCUT2D eigenvalue weighted by atomic mass is 10.1. The van der Waals surface area contributed by atoms with Gasteiger partial charge in [0, 0.05) is 5.56 Å². The molecule has 28 heavy (non-hydrogen) atoms. The number of nitrogens with one attached hydrogen (secondary N) is 2. The largest absolute Gasteiger partial charge is 0.394 e. The molecule has 146 valence electrons. The average molecular weight is 387 g/mol. The van der Waals surface area contributed by atoms with Crippen LogP contribution in [-0.2, 0) is 4.74 Å². The van der Waals surface area contributed by atoms with Crippen LogP contribution in [0.5, 0.6) is 0 Å². The third kappa shape index (κ3) is 2.96. The second kappa shape index (κ2) is 7.13. The number of amides is 1. The fourth-order valence-corrected chi connectivity index (χ4v) is 3.13. The molecular formula is C17H17N5O6. The van der Waals surface area contributed by atoms with E-state index in [4.69, 9.17) is 4.74 Å². The number of aliphatic hydroxyl groups is 3. The van der Waals surface area contributed by atoms with Gasteiger partial charge >= 0.3 is 5.69 Å². The number of anilines is 1. The van der Waals surface area contributed by atoms with E-state index in [1.807, 2.05) is 0 Å². The molecule has 3 heterocycles. The monoisotopic (exact) mass is 387 g/mol. The zero-order chi connectivity index (χ0) is 19.8. The Bertz CT molecular complexity index is 1060. The molecule has 0 bridgehead atoms. The fraction of sp³-hybridized carbons (Fsp3) is 0.294. The highest BCUT2D eigenvalue weighted by atomic mass is 16.6. The first-order chi connectivity index (χ1) is 13.5. The van der Waals surface area contributed by atoms with Gasteiger partial charge in [-0.15, -0.1) is 0 Å². The summed E-state index contributed by atoms with van der Waals surface area (Å²) in [6.07, 6.45) is -3.98. The quantitative estimate of drug-likeness (QED) is 0.380. The number of imidazole rings is 1. The van der Waals surface area contributed by atoms with Gasteiger partial charge in [-0.2, -0.15) is 0 Å². The average Bonchev–Trinajstić information content (AvgIpc) is 3.19. The third-order valence-electron chi connectivity index (χ3n) is 4.55. The predicted octanol–water partition coefficient (Wildman–Crippen LogP) is -1.02. The van der Waals surface area contributed by atoms with Gasteiger partial charge in [0.1, 0.15) is 30.2 Å². The number of aliphatic hydroxyl groups excluding tert-OH is 3. The smallest absolute Gasteiger partial charge is 0.330 e. The molecule has 1 fully saturated rings. The fourth-order valence-electron chi connectivity index (χ4n) is 3.13. The topological polar surface area (TPSA) is 163 Å². The van der Waals surface area contributed by atoms with Crippen LogP contribution in [0.2, 0.25) is 0 Å². The Kier molecular flexibility index (Phi) is 4.65. The van der Waals surface area contributed by atoms with Crippen molar-refractivity contribution >= 4 is 22.9 Å². The summed E-state index contributed by atoms with van der Waals surface area (Å²) in [6.45, 7) is -0.529. The molecule has 1 saturated heterocycles. The molecule has 4 atom stereocenters. The number of carbonyl (C=O) groups excluding carboxylic acids is 1. The zero-order valence-corrected chi connectivity index (χ0v) is 14.4. The summed E-state index contributed by atoms with van der Waals surface area (Å²) in [5, 5.41) is 32.0. The van der Waals surface area contributed by atoms with Crippen LogP contribution in [0, 0.1) is 0 Å². The van der Waals surface area contributed by atoms with Crippen molar-refractivity contribution in [1.82, 2.24) is 19.5 Å². The lowest BCUT2D eigenvalue weighted by Gasteiger charge is -2.15. The van der Waals surface area contributed by atoms with Gasteiger partial charge < -0.3 is 30.4 Å². The zero-order valence-electron chi connectivity index (χ0n) is 14.4. The summed E-state index contributed by atoms with van der Waals surface area (Å²) in [5.41, 5.74) is -0.0761. The van der Waals surface area contributed by atoms with E-state index in [1.165, 1.54) is 0 Å². The standard InChI is InChI=1S/C17H17N5O6/c23-6-9-11(24)12(25)16(28-9)22-14-10(20-17(22)27)13(18-7-19-14)21-15(26)8-4-2-1-3-5-8/h1-5,7,9,11-12,16,23-25H,6H2,(H,20,27)(H,18,19,21,26)/t9-,11-,12-,16-/m1/s1. The van der Waals surface area contributed by atoms with Crippen LogP contribution in [0.1, 0.15) is 16.6 Å². The van der Waals surface area contributed by atoms with Gasteiger partial charge in [0.2, 0.25) is 0 Å². The minimum absolute atomic E-state index is 0.0678. The van der Waals surface area contributed by atoms with Crippen molar-refractivity contribution in [3.05, 3.63) is 52.7 Å². The third-order valence-corrected chi connectivity index (χ3v) is 4.55. The van der Waals surface area contributed by atoms with E-state index < -0.39 is 42.7 Å². The Hall–Kier alpha value is -3.12. The molecule has 0 radical (unpaired) electrons. The maximum atomic E-state index is 12.5. The number of rotatable bonds is 4. The lowest BCUT2D eigenvalue weighted by molar-refractivity contribution is -0.0524. The molecule has 5 N–H and O–H groups in total. The first-order valence-electron chi connectivity index (χ1n) is 8.45. The normalized spacial score (nSPS) is 24.5. The number of hydrogen-bond acceptors (Lipinski definition) is 8. The van der Waals surface area contributed by atoms with Crippen LogP contribution >= 0.6 is 0 Å². The molecule has 0 spiro atoms. The van der Waals surface area contributed by atoms with Crippen LogP contribution in [0.3, 0.4) is 0 Å². The molecule has 1 aliphatic heterocycles. The van der Waals surface area contributed by atoms with Gasteiger partial charge in [-0.25, -0.2) is 19.3 Å². The van der Waals surface area contributed by atoms with Crippen LogP contribution in [0.4, 0.5) is 5.82 Å². The maximum absolute atomic E-state index is 12.5. The number of aromatic nitrogens is 4. The number of benzene rings is 1. The number of nitrogens with zero attached hydrogens (tertiary/aromatic N) is 3. The Morgan fingerprint density at radius 2 is 1.96 bits per heavy atom.